The Hall–Kier alpha value is -2.42. The van der Waals surface area contributed by atoms with Crippen LogP contribution in [0.15, 0.2) is 22.2 Å². The van der Waals surface area contributed by atoms with E-state index >= 15 is 0 Å². The molecule has 1 aromatic carbocycles. The molecule has 0 radical (unpaired) electrons. The Morgan fingerprint density at radius 1 is 1.20 bits per heavy atom. The van der Waals surface area contributed by atoms with E-state index in [0.717, 1.165) is 12.1 Å². The second-order valence-corrected chi connectivity index (χ2v) is 7.50. The highest BCUT2D eigenvalue weighted by molar-refractivity contribution is 9.10. The van der Waals surface area contributed by atoms with Gasteiger partial charge in [-0.2, -0.15) is 0 Å². The lowest BCUT2D eigenvalue weighted by Gasteiger charge is -2.42. The van der Waals surface area contributed by atoms with E-state index in [4.69, 9.17) is 9.47 Å². The second kappa shape index (κ2) is 6.14. The van der Waals surface area contributed by atoms with Gasteiger partial charge in [0, 0.05) is 22.9 Å². The molecule has 0 aromatic heterocycles. The topological polar surface area (TPSA) is 119 Å². The SMILES string of the molecule is CC(C)(C)C1(C)OC(=O)C(=Cc2cc(Br)c([O-])c([N+](=O)[O-])c2)C(=O)O1. The van der Waals surface area contributed by atoms with Crippen LogP contribution in [0.2, 0.25) is 0 Å². The largest absolute Gasteiger partial charge is 0.867 e. The third-order valence-electron chi connectivity index (χ3n) is 3.93. The number of halogens is 1. The summed E-state index contributed by atoms with van der Waals surface area (Å²) in [5, 5.41) is 22.6. The van der Waals surface area contributed by atoms with E-state index in [1.165, 1.54) is 13.0 Å². The molecule has 1 aliphatic rings. The van der Waals surface area contributed by atoms with E-state index in [9.17, 15) is 24.8 Å². The van der Waals surface area contributed by atoms with Crippen LogP contribution < -0.4 is 5.11 Å². The van der Waals surface area contributed by atoms with E-state index < -0.39 is 45.1 Å². The van der Waals surface area contributed by atoms with Crippen molar-refractivity contribution in [3.8, 4) is 5.75 Å². The van der Waals surface area contributed by atoms with Gasteiger partial charge in [-0.1, -0.05) is 36.7 Å². The van der Waals surface area contributed by atoms with Crippen LogP contribution in [-0.2, 0) is 19.1 Å². The minimum atomic E-state index is -1.44. The average Bonchev–Trinajstić information content (AvgIpc) is 2.44. The molecular formula is C16H15BrNO7-. The van der Waals surface area contributed by atoms with Crippen LogP contribution in [0.4, 0.5) is 5.69 Å². The zero-order chi connectivity index (χ0) is 19.2. The van der Waals surface area contributed by atoms with Crippen molar-refractivity contribution in [3.05, 3.63) is 37.9 Å². The molecule has 0 atom stereocenters. The lowest BCUT2D eigenvalue weighted by atomic mass is 9.85. The van der Waals surface area contributed by atoms with Crippen molar-refractivity contribution >= 4 is 39.6 Å². The van der Waals surface area contributed by atoms with Gasteiger partial charge in [-0.25, -0.2) is 9.59 Å². The number of nitro groups is 1. The van der Waals surface area contributed by atoms with Gasteiger partial charge in [0.2, 0.25) is 0 Å². The molecule has 2 rings (SSSR count). The monoisotopic (exact) mass is 412 g/mol. The minimum absolute atomic E-state index is 0.0642. The lowest BCUT2D eigenvalue weighted by molar-refractivity contribution is -0.398. The molecule has 1 saturated heterocycles. The Balaban J connectivity index is 2.45. The summed E-state index contributed by atoms with van der Waals surface area (Å²) in [6.45, 7) is 6.72. The highest BCUT2D eigenvalue weighted by atomic mass is 79.9. The van der Waals surface area contributed by atoms with Gasteiger partial charge in [-0.3, -0.25) is 10.1 Å². The van der Waals surface area contributed by atoms with Crippen molar-refractivity contribution in [2.24, 2.45) is 5.41 Å². The van der Waals surface area contributed by atoms with Gasteiger partial charge in [-0.15, -0.1) is 0 Å². The first kappa shape index (κ1) is 18.9. The highest BCUT2D eigenvalue weighted by Crippen LogP contribution is 2.39. The first-order valence-electron chi connectivity index (χ1n) is 7.19. The number of benzene rings is 1. The number of rotatable bonds is 2. The lowest BCUT2D eigenvalue weighted by Crippen LogP contribution is -2.52. The summed E-state index contributed by atoms with van der Waals surface area (Å²) < 4.78 is 10.5. The molecule has 0 saturated carbocycles. The molecule has 25 heavy (non-hydrogen) atoms. The van der Waals surface area contributed by atoms with Crippen LogP contribution >= 0.6 is 15.9 Å². The number of nitro benzene ring substituents is 1. The Morgan fingerprint density at radius 2 is 1.72 bits per heavy atom. The van der Waals surface area contributed by atoms with Gasteiger partial charge < -0.3 is 14.6 Å². The fourth-order valence-electron chi connectivity index (χ4n) is 1.98. The first-order valence-corrected chi connectivity index (χ1v) is 7.98. The van der Waals surface area contributed by atoms with Gasteiger partial charge in [0.05, 0.1) is 4.92 Å². The summed E-state index contributed by atoms with van der Waals surface area (Å²) in [5.41, 5.74) is -1.64. The number of nitrogens with zero attached hydrogens (tertiary/aromatic N) is 1. The number of carbonyl (C=O) groups is 2. The quantitative estimate of drug-likeness (QED) is 0.240. The van der Waals surface area contributed by atoms with Crippen molar-refractivity contribution in [2.75, 3.05) is 0 Å². The smallest absolute Gasteiger partial charge is 0.348 e. The van der Waals surface area contributed by atoms with Gasteiger partial charge in [0.1, 0.15) is 5.57 Å². The number of hydrogen-bond donors (Lipinski definition) is 0. The molecule has 134 valence electrons. The molecule has 1 fully saturated rings. The molecule has 0 N–H and O–H groups in total. The second-order valence-electron chi connectivity index (χ2n) is 6.64. The summed E-state index contributed by atoms with van der Waals surface area (Å²) in [5.74, 6) is -4.05. The molecule has 8 nitrogen and oxygen atoms in total. The normalized spacial score (nSPS) is 20.8. The average molecular weight is 413 g/mol. The summed E-state index contributed by atoms with van der Waals surface area (Å²) in [7, 11) is 0. The molecule has 0 amide bonds. The van der Waals surface area contributed by atoms with Crippen LogP contribution in [0.5, 0.6) is 5.75 Å². The molecule has 0 unspecified atom stereocenters. The van der Waals surface area contributed by atoms with Crippen molar-refractivity contribution in [1.82, 2.24) is 0 Å². The standard InChI is InChI=1S/C16H16BrNO7/c1-15(2,3)16(4)24-13(20)9(14(21)25-16)5-8-6-10(17)12(19)11(7-8)18(22)23/h5-7,19H,1-4H3/p-1. The van der Waals surface area contributed by atoms with Gasteiger partial charge in [0.15, 0.2) is 0 Å². The zero-order valence-corrected chi connectivity index (χ0v) is 15.5. The highest BCUT2D eigenvalue weighted by Gasteiger charge is 2.50. The van der Waals surface area contributed by atoms with Crippen molar-refractivity contribution in [2.45, 2.75) is 33.5 Å². The molecular weight excluding hydrogens is 398 g/mol. The first-order chi connectivity index (χ1) is 11.4. The molecule has 1 aromatic rings. The van der Waals surface area contributed by atoms with E-state index in [0.29, 0.717) is 0 Å². The van der Waals surface area contributed by atoms with E-state index in [1.807, 2.05) is 0 Å². The third-order valence-corrected chi connectivity index (χ3v) is 4.52. The zero-order valence-electron chi connectivity index (χ0n) is 13.9. The minimum Gasteiger partial charge on any atom is -0.867 e. The molecule has 9 heteroatoms. The van der Waals surface area contributed by atoms with E-state index in [-0.39, 0.29) is 10.0 Å². The van der Waals surface area contributed by atoms with E-state index in [2.05, 4.69) is 15.9 Å². The van der Waals surface area contributed by atoms with Crippen LogP contribution in [0, 0.1) is 15.5 Å². The number of carbonyl (C=O) groups excluding carboxylic acids is 2. The third kappa shape index (κ3) is 3.51. The van der Waals surface area contributed by atoms with Crippen molar-refractivity contribution in [3.63, 3.8) is 0 Å². The van der Waals surface area contributed by atoms with Crippen molar-refractivity contribution < 1.29 is 29.1 Å². The van der Waals surface area contributed by atoms with Crippen LogP contribution in [0.1, 0.15) is 33.3 Å². The number of hydrogen-bond acceptors (Lipinski definition) is 7. The molecule has 0 aliphatic carbocycles. The van der Waals surface area contributed by atoms with E-state index in [1.54, 1.807) is 20.8 Å². The van der Waals surface area contributed by atoms with Crippen molar-refractivity contribution in [1.29, 1.82) is 0 Å². The number of ether oxygens (including phenoxy) is 2. The Kier molecular flexibility index (Phi) is 4.65. The van der Waals surface area contributed by atoms with Gasteiger partial charge in [-0.05, 0) is 23.5 Å². The summed E-state index contributed by atoms with van der Waals surface area (Å²) in [6, 6.07) is 2.23. The Labute approximate surface area is 151 Å². The van der Waals surface area contributed by atoms with Crippen LogP contribution in [-0.4, -0.2) is 22.6 Å². The predicted octanol–water partition coefficient (Wildman–Crippen LogP) is 2.68. The maximum atomic E-state index is 12.2. The maximum absolute atomic E-state index is 12.2. The maximum Gasteiger partial charge on any atom is 0.348 e. The Bertz CT molecular complexity index is 787. The number of cyclic esters (lactones) is 2. The molecule has 1 aliphatic heterocycles. The fourth-order valence-corrected chi connectivity index (χ4v) is 2.44. The number of esters is 2. The molecule has 0 spiro atoms. The molecule has 1 heterocycles. The predicted molar refractivity (Wildman–Crippen MR) is 88.3 cm³/mol. The van der Waals surface area contributed by atoms with Crippen LogP contribution in [0.25, 0.3) is 6.08 Å². The Morgan fingerprint density at radius 3 is 2.16 bits per heavy atom. The summed E-state index contributed by atoms with van der Waals surface area (Å²) >= 11 is 2.93. The van der Waals surface area contributed by atoms with Gasteiger partial charge >= 0.3 is 11.9 Å². The van der Waals surface area contributed by atoms with Gasteiger partial charge in [0.25, 0.3) is 11.5 Å². The summed E-state index contributed by atoms with van der Waals surface area (Å²) in [6.07, 6.45) is 1.09. The summed E-state index contributed by atoms with van der Waals surface area (Å²) in [4.78, 5) is 34.6. The molecule has 0 bridgehead atoms. The fraction of sp³-hybridized carbons (Fsp3) is 0.375. The van der Waals surface area contributed by atoms with Crippen LogP contribution in [0.3, 0.4) is 0 Å².